The van der Waals surface area contributed by atoms with Crippen molar-refractivity contribution >= 4 is 17.5 Å². The second-order valence-corrected chi connectivity index (χ2v) is 6.31. The number of methoxy groups -OCH3 is 1. The van der Waals surface area contributed by atoms with E-state index in [-0.39, 0.29) is 11.9 Å². The standard InChI is InChI=1S/C18H22ClN3O2/c1-10-14(19)9-13(11(2)20)17(24-5)16(10)12-6-7-21-15(8-12)18(23)22(3)4/h6-9,11H,20H2,1-5H3. The van der Waals surface area contributed by atoms with Gasteiger partial charge >= 0.3 is 0 Å². The first-order valence-electron chi connectivity index (χ1n) is 7.58. The van der Waals surface area contributed by atoms with E-state index in [4.69, 9.17) is 22.1 Å². The van der Waals surface area contributed by atoms with Gasteiger partial charge in [0, 0.05) is 42.5 Å². The van der Waals surface area contributed by atoms with Gasteiger partial charge in [-0.05, 0) is 43.2 Å². The lowest BCUT2D eigenvalue weighted by atomic mass is 9.94. The summed E-state index contributed by atoms with van der Waals surface area (Å²) in [6.07, 6.45) is 1.61. The van der Waals surface area contributed by atoms with Gasteiger partial charge in [-0.3, -0.25) is 9.78 Å². The minimum atomic E-state index is -0.235. The van der Waals surface area contributed by atoms with Crippen molar-refractivity contribution in [3.05, 3.63) is 46.2 Å². The van der Waals surface area contributed by atoms with Crippen molar-refractivity contribution in [3.8, 4) is 16.9 Å². The lowest BCUT2D eigenvalue weighted by Gasteiger charge is -2.20. The van der Waals surface area contributed by atoms with Gasteiger partial charge in [0.05, 0.1) is 7.11 Å². The normalized spacial score (nSPS) is 12.0. The highest BCUT2D eigenvalue weighted by Gasteiger charge is 2.20. The molecule has 1 atom stereocenters. The third-order valence-corrected chi connectivity index (χ3v) is 4.27. The summed E-state index contributed by atoms with van der Waals surface area (Å²) in [5.41, 5.74) is 9.75. The number of hydrogen-bond acceptors (Lipinski definition) is 4. The van der Waals surface area contributed by atoms with Gasteiger partial charge in [0.15, 0.2) is 0 Å². The number of rotatable bonds is 4. The molecule has 0 saturated carbocycles. The molecule has 0 fully saturated rings. The van der Waals surface area contributed by atoms with Crippen molar-refractivity contribution in [2.75, 3.05) is 21.2 Å². The zero-order chi connectivity index (χ0) is 18.0. The zero-order valence-corrected chi connectivity index (χ0v) is 15.3. The van der Waals surface area contributed by atoms with Crippen LogP contribution in [0.15, 0.2) is 24.4 Å². The molecule has 0 saturated heterocycles. The second-order valence-electron chi connectivity index (χ2n) is 5.90. The van der Waals surface area contributed by atoms with Gasteiger partial charge in [-0.15, -0.1) is 0 Å². The number of benzene rings is 1. The number of ether oxygens (including phenoxy) is 1. The van der Waals surface area contributed by atoms with Crippen LogP contribution in [0.4, 0.5) is 0 Å². The highest BCUT2D eigenvalue weighted by Crippen LogP contribution is 2.41. The molecule has 24 heavy (non-hydrogen) atoms. The summed E-state index contributed by atoms with van der Waals surface area (Å²) in [5.74, 6) is 0.504. The van der Waals surface area contributed by atoms with Crippen molar-refractivity contribution in [2.24, 2.45) is 5.73 Å². The number of nitrogens with two attached hydrogens (primary N) is 1. The highest BCUT2D eigenvalue weighted by molar-refractivity contribution is 6.32. The highest BCUT2D eigenvalue weighted by atomic mass is 35.5. The van der Waals surface area contributed by atoms with Crippen LogP contribution >= 0.6 is 11.6 Å². The number of carbonyl (C=O) groups excluding carboxylic acids is 1. The van der Waals surface area contributed by atoms with Gasteiger partial charge in [0.2, 0.25) is 0 Å². The number of halogens is 1. The molecule has 2 aromatic rings. The van der Waals surface area contributed by atoms with E-state index >= 15 is 0 Å². The third-order valence-electron chi connectivity index (χ3n) is 3.87. The van der Waals surface area contributed by atoms with Crippen molar-refractivity contribution in [2.45, 2.75) is 19.9 Å². The van der Waals surface area contributed by atoms with Crippen molar-refractivity contribution < 1.29 is 9.53 Å². The molecule has 5 nitrogen and oxygen atoms in total. The van der Waals surface area contributed by atoms with E-state index in [9.17, 15) is 4.79 Å². The van der Waals surface area contributed by atoms with Crippen LogP contribution in [-0.4, -0.2) is 37.0 Å². The molecule has 1 heterocycles. The quantitative estimate of drug-likeness (QED) is 0.919. The number of pyridine rings is 1. The van der Waals surface area contributed by atoms with Crippen LogP contribution in [0.3, 0.4) is 0 Å². The van der Waals surface area contributed by atoms with E-state index in [2.05, 4.69) is 4.98 Å². The summed E-state index contributed by atoms with van der Waals surface area (Å²) in [6.45, 7) is 3.79. The molecule has 1 aromatic heterocycles. The Morgan fingerprint density at radius 3 is 2.58 bits per heavy atom. The van der Waals surface area contributed by atoms with Crippen LogP contribution in [0.25, 0.3) is 11.1 Å². The molecule has 0 aliphatic carbocycles. The fourth-order valence-corrected chi connectivity index (χ4v) is 2.79. The maximum atomic E-state index is 12.2. The van der Waals surface area contributed by atoms with Gasteiger partial charge in [-0.2, -0.15) is 0 Å². The monoisotopic (exact) mass is 347 g/mol. The Bertz CT molecular complexity index is 773. The lowest BCUT2D eigenvalue weighted by molar-refractivity contribution is 0.0822. The number of carbonyl (C=O) groups is 1. The minimum Gasteiger partial charge on any atom is -0.496 e. The van der Waals surface area contributed by atoms with Crippen LogP contribution in [-0.2, 0) is 0 Å². The Morgan fingerprint density at radius 1 is 1.38 bits per heavy atom. The first-order chi connectivity index (χ1) is 11.3. The Balaban J connectivity index is 2.72. The summed E-state index contributed by atoms with van der Waals surface area (Å²) in [6, 6.07) is 5.17. The van der Waals surface area contributed by atoms with E-state index in [0.717, 1.165) is 22.3 Å². The Labute approximate surface area is 147 Å². The fraction of sp³-hybridized carbons (Fsp3) is 0.333. The molecular weight excluding hydrogens is 326 g/mol. The first-order valence-corrected chi connectivity index (χ1v) is 7.96. The van der Waals surface area contributed by atoms with Crippen LogP contribution < -0.4 is 10.5 Å². The molecule has 6 heteroatoms. The predicted octanol–water partition coefficient (Wildman–Crippen LogP) is 3.44. The minimum absolute atomic E-state index is 0.164. The molecule has 0 bridgehead atoms. The summed E-state index contributed by atoms with van der Waals surface area (Å²) in [5, 5.41) is 0.607. The van der Waals surface area contributed by atoms with Gasteiger partial charge in [-0.1, -0.05) is 11.6 Å². The van der Waals surface area contributed by atoms with Crippen LogP contribution in [0.2, 0.25) is 5.02 Å². The Kier molecular flexibility index (Phi) is 5.47. The van der Waals surface area contributed by atoms with Crippen molar-refractivity contribution in [3.63, 3.8) is 0 Å². The molecule has 2 rings (SSSR count). The number of aromatic nitrogens is 1. The predicted molar refractivity (Wildman–Crippen MR) is 96.6 cm³/mol. The Hall–Kier alpha value is -2.11. The molecular formula is C18H22ClN3O2. The van der Waals surface area contributed by atoms with Crippen molar-refractivity contribution in [1.29, 1.82) is 0 Å². The fourth-order valence-electron chi connectivity index (χ4n) is 2.58. The maximum absolute atomic E-state index is 12.2. The molecule has 0 radical (unpaired) electrons. The topological polar surface area (TPSA) is 68.5 Å². The number of nitrogens with zero attached hydrogens (tertiary/aromatic N) is 2. The molecule has 0 aliphatic rings. The van der Waals surface area contributed by atoms with Gasteiger partial charge in [-0.25, -0.2) is 0 Å². The SMILES string of the molecule is COc1c(C(C)N)cc(Cl)c(C)c1-c1ccnc(C(=O)N(C)C)c1. The summed E-state index contributed by atoms with van der Waals surface area (Å²) < 4.78 is 5.62. The summed E-state index contributed by atoms with van der Waals surface area (Å²) in [7, 11) is 4.98. The lowest BCUT2D eigenvalue weighted by Crippen LogP contribution is -2.22. The van der Waals surface area contributed by atoms with Crippen LogP contribution in [0, 0.1) is 6.92 Å². The van der Waals surface area contributed by atoms with E-state index in [1.54, 1.807) is 33.5 Å². The van der Waals surface area contributed by atoms with Crippen molar-refractivity contribution in [1.82, 2.24) is 9.88 Å². The van der Waals surface area contributed by atoms with E-state index < -0.39 is 0 Å². The largest absolute Gasteiger partial charge is 0.496 e. The molecule has 128 valence electrons. The van der Waals surface area contributed by atoms with Gasteiger partial charge < -0.3 is 15.4 Å². The van der Waals surface area contributed by atoms with Gasteiger partial charge in [0.25, 0.3) is 5.91 Å². The van der Waals surface area contributed by atoms with E-state index in [1.807, 2.05) is 26.0 Å². The first kappa shape index (κ1) is 18.2. The molecule has 0 spiro atoms. The van der Waals surface area contributed by atoms with Crippen LogP contribution in [0.5, 0.6) is 5.75 Å². The molecule has 1 aromatic carbocycles. The average molecular weight is 348 g/mol. The van der Waals surface area contributed by atoms with E-state index in [0.29, 0.717) is 16.5 Å². The van der Waals surface area contributed by atoms with Gasteiger partial charge in [0.1, 0.15) is 11.4 Å². The summed E-state index contributed by atoms with van der Waals surface area (Å²) >= 11 is 6.39. The zero-order valence-electron chi connectivity index (χ0n) is 14.6. The Morgan fingerprint density at radius 2 is 2.04 bits per heavy atom. The average Bonchev–Trinajstić information content (AvgIpc) is 2.55. The maximum Gasteiger partial charge on any atom is 0.271 e. The molecule has 1 unspecified atom stereocenters. The number of amides is 1. The smallest absolute Gasteiger partial charge is 0.271 e. The third kappa shape index (κ3) is 3.37. The van der Waals surface area contributed by atoms with E-state index in [1.165, 1.54) is 4.90 Å². The molecule has 0 aliphatic heterocycles. The second kappa shape index (κ2) is 7.20. The molecule has 1 amide bonds. The number of hydrogen-bond donors (Lipinski definition) is 1. The summed E-state index contributed by atoms with van der Waals surface area (Å²) in [4.78, 5) is 17.8. The molecule has 2 N–H and O–H groups in total. The van der Waals surface area contributed by atoms with Crippen LogP contribution in [0.1, 0.15) is 34.6 Å².